The number of rotatable bonds is 4. The molecule has 2 fully saturated rings. The Morgan fingerprint density at radius 1 is 1.19 bits per heavy atom. The molecule has 2 bridgehead atoms. The van der Waals surface area contributed by atoms with Crippen molar-refractivity contribution in [3.8, 4) is 17.2 Å². The van der Waals surface area contributed by atoms with E-state index >= 15 is 0 Å². The number of carboxylic acids is 1. The maximum absolute atomic E-state index is 13.0. The number of nitrogens with one attached hydrogen (secondary N) is 1. The fourth-order valence-electron chi connectivity index (χ4n) is 4.91. The molecule has 0 radical (unpaired) electrons. The molecule has 6 heteroatoms. The molecule has 2 aliphatic rings. The van der Waals surface area contributed by atoms with Crippen LogP contribution >= 0.6 is 11.3 Å². The highest BCUT2D eigenvalue weighted by Crippen LogP contribution is 2.53. The van der Waals surface area contributed by atoms with Crippen molar-refractivity contribution in [2.75, 3.05) is 5.32 Å². The number of nitrogens with zero attached hydrogens (tertiary/aromatic N) is 1. The van der Waals surface area contributed by atoms with Crippen molar-refractivity contribution in [2.45, 2.75) is 26.2 Å². The first kappa shape index (κ1) is 17.7. The zero-order chi connectivity index (χ0) is 19.1. The van der Waals surface area contributed by atoms with Gasteiger partial charge >= 0.3 is 5.97 Å². The van der Waals surface area contributed by atoms with Gasteiger partial charge in [-0.05, 0) is 43.6 Å². The number of aliphatic carboxylic acids is 1. The van der Waals surface area contributed by atoms with Gasteiger partial charge in [0.25, 0.3) is 0 Å². The lowest BCUT2D eigenvalue weighted by atomic mass is 9.79. The Bertz CT molecular complexity index is 944. The molecule has 0 saturated heterocycles. The SMILES string of the molecule is Cc1sc(NC(=O)C2C3CCC(C3)C2C(=O)O)c(C#N)c1-c1ccccc1. The van der Waals surface area contributed by atoms with E-state index in [9.17, 15) is 20.0 Å². The van der Waals surface area contributed by atoms with Gasteiger partial charge in [-0.3, -0.25) is 9.59 Å². The normalized spacial score (nSPS) is 25.9. The topological polar surface area (TPSA) is 90.2 Å². The van der Waals surface area contributed by atoms with Crippen LogP contribution in [-0.4, -0.2) is 17.0 Å². The van der Waals surface area contributed by atoms with E-state index in [1.54, 1.807) is 0 Å². The third-order valence-corrected chi connectivity index (χ3v) is 7.02. The lowest BCUT2D eigenvalue weighted by molar-refractivity contribution is -0.148. The smallest absolute Gasteiger partial charge is 0.307 e. The summed E-state index contributed by atoms with van der Waals surface area (Å²) in [6.45, 7) is 1.93. The van der Waals surface area contributed by atoms with E-state index in [0.717, 1.165) is 35.3 Å². The van der Waals surface area contributed by atoms with Gasteiger partial charge in [0.2, 0.25) is 5.91 Å². The monoisotopic (exact) mass is 380 g/mol. The highest BCUT2D eigenvalue weighted by molar-refractivity contribution is 7.17. The first-order valence-corrected chi connectivity index (χ1v) is 9.95. The standard InChI is InChI=1S/C21H20N2O3S/c1-11-16(12-5-3-2-4-6-12)15(10-22)20(27-11)23-19(24)17-13-7-8-14(9-13)18(17)21(25)26/h2-6,13-14,17-18H,7-9H2,1H3,(H,23,24)(H,25,26). The second-order valence-electron chi connectivity index (χ2n) is 7.43. The van der Waals surface area contributed by atoms with Crippen LogP contribution in [0.3, 0.4) is 0 Å². The zero-order valence-corrected chi connectivity index (χ0v) is 15.8. The molecule has 1 heterocycles. The van der Waals surface area contributed by atoms with Gasteiger partial charge in [0, 0.05) is 10.4 Å². The van der Waals surface area contributed by atoms with Crippen LogP contribution in [0, 0.1) is 41.9 Å². The molecule has 4 atom stereocenters. The number of carbonyl (C=O) groups is 2. The van der Waals surface area contributed by atoms with E-state index in [2.05, 4.69) is 11.4 Å². The van der Waals surface area contributed by atoms with Gasteiger partial charge < -0.3 is 10.4 Å². The minimum Gasteiger partial charge on any atom is -0.481 e. The van der Waals surface area contributed by atoms with E-state index in [1.165, 1.54) is 11.3 Å². The quantitative estimate of drug-likeness (QED) is 0.828. The molecule has 2 saturated carbocycles. The van der Waals surface area contributed by atoms with Crippen LogP contribution in [-0.2, 0) is 9.59 Å². The van der Waals surface area contributed by atoms with Crippen LogP contribution in [0.2, 0.25) is 0 Å². The number of carbonyl (C=O) groups excluding carboxylic acids is 1. The summed E-state index contributed by atoms with van der Waals surface area (Å²) < 4.78 is 0. The maximum atomic E-state index is 13.0. The highest BCUT2D eigenvalue weighted by atomic mass is 32.1. The molecule has 4 rings (SSSR count). The molecule has 2 aliphatic carbocycles. The summed E-state index contributed by atoms with van der Waals surface area (Å²) in [6.07, 6.45) is 2.63. The fraction of sp³-hybridized carbons (Fsp3) is 0.381. The van der Waals surface area contributed by atoms with E-state index in [-0.39, 0.29) is 17.7 Å². The average molecular weight is 380 g/mol. The van der Waals surface area contributed by atoms with Crippen molar-refractivity contribution < 1.29 is 14.7 Å². The van der Waals surface area contributed by atoms with Gasteiger partial charge in [0.15, 0.2) is 0 Å². The van der Waals surface area contributed by atoms with Gasteiger partial charge in [0.05, 0.1) is 17.4 Å². The molecule has 4 unspecified atom stereocenters. The number of nitriles is 1. The van der Waals surface area contributed by atoms with Crippen LogP contribution in [0.4, 0.5) is 5.00 Å². The summed E-state index contributed by atoms with van der Waals surface area (Å²) in [7, 11) is 0. The summed E-state index contributed by atoms with van der Waals surface area (Å²) in [5, 5.41) is 22.7. The third kappa shape index (κ3) is 2.92. The predicted octanol–water partition coefficient (Wildman–Crippen LogP) is 4.28. The molecule has 1 aromatic heterocycles. The molecule has 5 nitrogen and oxygen atoms in total. The second-order valence-corrected chi connectivity index (χ2v) is 8.65. The van der Waals surface area contributed by atoms with Crippen molar-refractivity contribution in [3.63, 3.8) is 0 Å². The number of aryl methyl sites for hydroxylation is 1. The predicted molar refractivity (Wildman–Crippen MR) is 103 cm³/mol. The van der Waals surface area contributed by atoms with Crippen LogP contribution < -0.4 is 5.32 Å². The van der Waals surface area contributed by atoms with Crippen molar-refractivity contribution >= 4 is 28.2 Å². The molecular formula is C21H20N2O3S. The largest absolute Gasteiger partial charge is 0.481 e. The highest BCUT2D eigenvalue weighted by Gasteiger charge is 2.54. The number of fused-ring (bicyclic) bond motifs is 2. The van der Waals surface area contributed by atoms with E-state index < -0.39 is 17.8 Å². The summed E-state index contributed by atoms with van der Waals surface area (Å²) in [5.74, 6) is -2.01. The Labute approximate surface area is 161 Å². The third-order valence-electron chi connectivity index (χ3n) is 6.00. The molecule has 1 amide bonds. The first-order valence-electron chi connectivity index (χ1n) is 9.13. The van der Waals surface area contributed by atoms with Crippen LogP contribution in [0.5, 0.6) is 0 Å². The zero-order valence-electron chi connectivity index (χ0n) is 14.9. The van der Waals surface area contributed by atoms with Crippen molar-refractivity contribution in [1.29, 1.82) is 5.26 Å². The van der Waals surface area contributed by atoms with Crippen molar-refractivity contribution in [1.82, 2.24) is 0 Å². The summed E-state index contributed by atoms with van der Waals surface area (Å²) >= 11 is 1.38. The van der Waals surface area contributed by atoms with Crippen molar-refractivity contribution in [3.05, 3.63) is 40.8 Å². The van der Waals surface area contributed by atoms with Gasteiger partial charge in [-0.2, -0.15) is 5.26 Å². The number of hydrogen-bond acceptors (Lipinski definition) is 4. The number of hydrogen-bond donors (Lipinski definition) is 2. The minimum atomic E-state index is -0.879. The second kappa shape index (κ2) is 6.82. The van der Waals surface area contributed by atoms with Crippen molar-refractivity contribution in [2.24, 2.45) is 23.7 Å². The lowest BCUT2D eigenvalue weighted by Gasteiger charge is -2.26. The van der Waals surface area contributed by atoms with Gasteiger partial charge in [-0.25, -0.2) is 0 Å². The van der Waals surface area contributed by atoms with Gasteiger partial charge in [-0.1, -0.05) is 30.3 Å². The molecule has 27 heavy (non-hydrogen) atoms. The molecule has 2 aromatic rings. The Morgan fingerprint density at radius 2 is 1.85 bits per heavy atom. The Morgan fingerprint density at radius 3 is 2.48 bits per heavy atom. The van der Waals surface area contributed by atoms with Crippen LogP contribution in [0.1, 0.15) is 29.7 Å². The number of benzene rings is 1. The molecule has 0 spiro atoms. The van der Waals surface area contributed by atoms with Crippen LogP contribution in [0.15, 0.2) is 30.3 Å². The molecule has 2 N–H and O–H groups in total. The molecule has 1 aromatic carbocycles. The number of amides is 1. The summed E-state index contributed by atoms with van der Waals surface area (Å²) in [4.78, 5) is 25.6. The number of anilines is 1. The Kier molecular flexibility index (Phi) is 4.48. The maximum Gasteiger partial charge on any atom is 0.307 e. The summed E-state index contributed by atoms with van der Waals surface area (Å²) in [5.41, 5.74) is 2.22. The Balaban J connectivity index is 1.65. The van der Waals surface area contributed by atoms with Gasteiger partial charge in [0.1, 0.15) is 11.1 Å². The van der Waals surface area contributed by atoms with E-state index in [4.69, 9.17) is 0 Å². The molecule has 0 aliphatic heterocycles. The average Bonchev–Trinajstić information content (AvgIpc) is 3.34. The number of carboxylic acid groups (broad SMARTS) is 1. The van der Waals surface area contributed by atoms with Crippen LogP contribution in [0.25, 0.3) is 11.1 Å². The minimum absolute atomic E-state index is 0.101. The van der Waals surface area contributed by atoms with E-state index in [0.29, 0.717) is 10.6 Å². The summed E-state index contributed by atoms with van der Waals surface area (Å²) in [6, 6.07) is 11.9. The van der Waals surface area contributed by atoms with Gasteiger partial charge in [-0.15, -0.1) is 11.3 Å². The number of thiophene rings is 1. The lowest BCUT2D eigenvalue weighted by Crippen LogP contribution is -2.37. The molecule has 138 valence electrons. The fourth-order valence-corrected chi connectivity index (χ4v) is 5.94. The Hall–Kier alpha value is -2.65. The van der Waals surface area contributed by atoms with E-state index in [1.807, 2.05) is 37.3 Å². The first-order chi connectivity index (χ1) is 13.0. The molecular weight excluding hydrogens is 360 g/mol.